The van der Waals surface area contributed by atoms with E-state index in [0.717, 1.165) is 16.6 Å². The summed E-state index contributed by atoms with van der Waals surface area (Å²) in [5.41, 5.74) is 3.43. The lowest BCUT2D eigenvalue weighted by molar-refractivity contribution is -0.286. The first-order valence-electron chi connectivity index (χ1n) is 9.05. The van der Waals surface area contributed by atoms with Crippen molar-refractivity contribution in [3.8, 4) is 11.5 Å². The summed E-state index contributed by atoms with van der Waals surface area (Å²) in [5.74, 6) is -0.588. The summed E-state index contributed by atoms with van der Waals surface area (Å²) >= 11 is 0. The molecule has 0 saturated carbocycles. The Balaban J connectivity index is 1.28. The molecule has 0 fully saturated rings. The van der Waals surface area contributed by atoms with Crippen molar-refractivity contribution in [3.05, 3.63) is 77.9 Å². The van der Waals surface area contributed by atoms with Crippen LogP contribution in [0.4, 0.5) is 14.5 Å². The number of anilines is 1. The van der Waals surface area contributed by atoms with Crippen LogP contribution in [0.5, 0.6) is 11.5 Å². The fourth-order valence-electron chi connectivity index (χ4n) is 3.20. The van der Waals surface area contributed by atoms with Crippen molar-refractivity contribution < 1.29 is 23.0 Å². The Kier molecular flexibility index (Phi) is 4.09. The van der Waals surface area contributed by atoms with Crippen LogP contribution in [0.3, 0.4) is 0 Å². The highest BCUT2D eigenvalue weighted by Gasteiger charge is 2.43. The second kappa shape index (κ2) is 6.80. The summed E-state index contributed by atoms with van der Waals surface area (Å²) < 4.78 is 36.8. The number of carbonyl (C=O) groups excluding carboxylic acids is 1. The number of carbonyl (C=O) groups is 1. The monoisotopic (exact) mass is 408 g/mol. The number of hydrogen-bond acceptors (Lipinski definition) is 5. The molecule has 1 aromatic heterocycles. The second-order valence-corrected chi connectivity index (χ2v) is 6.72. The molecular formula is C21H14F2N4O3. The van der Waals surface area contributed by atoms with Crippen molar-refractivity contribution in [1.29, 1.82) is 0 Å². The van der Waals surface area contributed by atoms with E-state index in [4.69, 9.17) is 0 Å². The molecule has 1 N–H and O–H groups in total. The highest BCUT2D eigenvalue weighted by Crippen LogP contribution is 2.42. The lowest BCUT2D eigenvalue weighted by Gasteiger charge is -2.07. The van der Waals surface area contributed by atoms with Gasteiger partial charge < -0.3 is 14.8 Å². The SMILES string of the molecule is O=C(Nc1ccc2c(c1)OC(F)(F)O2)c1ccc(Cn2nnc3ccccc32)cc1. The molecule has 1 amide bonds. The molecule has 0 saturated heterocycles. The van der Waals surface area contributed by atoms with Crippen LogP contribution in [0.15, 0.2) is 66.7 Å². The normalized spacial score (nSPS) is 14.1. The molecule has 0 atom stereocenters. The van der Waals surface area contributed by atoms with Crippen molar-refractivity contribution >= 4 is 22.6 Å². The van der Waals surface area contributed by atoms with Gasteiger partial charge in [0, 0.05) is 17.3 Å². The molecule has 7 nitrogen and oxygen atoms in total. The van der Waals surface area contributed by atoms with Crippen LogP contribution < -0.4 is 14.8 Å². The van der Waals surface area contributed by atoms with Crippen LogP contribution in [0.1, 0.15) is 15.9 Å². The van der Waals surface area contributed by atoms with Gasteiger partial charge in [0.05, 0.1) is 12.1 Å². The van der Waals surface area contributed by atoms with Gasteiger partial charge in [-0.3, -0.25) is 4.79 Å². The number of rotatable bonds is 4. The molecule has 2 heterocycles. The van der Waals surface area contributed by atoms with E-state index in [9.17, 15) is 13.6 Å². The zero-order valence-corrected chi connectivity index (χ0v) is 15.4. The van der Waals surface area contributed by atoms with Crippen molar-refractivity contribution in [1.82, 2.24) is 15.0 Å². The number of hydrogen-bond donors (Lipinski definition) is 1. The van der Waals surface area contributed by atoms with E-state index >= 15 is 0 Å². The maximum absolute atomic E-state index is 13.1. The van der Waals surface area contributed by atoms with Crippen LogP contribution in [0.2, 0.25) is 0 Å². The number of nitrogens with one attached hydrogen (secondary N) is 1. The van der Waals surface area contributed by atoms with Gasteiger partial charge in [0.15, 0.2) is 11.5 Å². The third kappa shape index (κ3) is 3.41. The molecule has 1 aliphatic rings. The van der Waals surface area contributed by atoms with E-state index in [1.165, 1.54) is 18.2 Å². The fraction of sp³-hybridized carbons (Fsp3) is 0.0952. The summed E-state index contributed by atoms with van der Waals surface area (Å²) in [6.07, 6.45) is -3.70. The number of alkyl halides is 2. The molecule has 0 radical (unpaired) electrons. The minimum Gasteiger partial charge on any atom is -0.395 e. The molecule has 30 heavy (non-hydrogen) atoms. The Labute approximate surface area is 168 Å². The maximum Gasteiger partial charge on any atom is 0.586 e. The van der Waals surface area contributed by atoms with Crippen LogP contribution >= 0.6 is 0 Å². The van der Waals surface area contributed by atoms with Gasteiger partial charge in [0.2, 0.25) is 0 Å². The summed E-state index contributed by atoms with van der Waals surface area (Å²) in [5, 5.41) is 10.9. The Hall–Kier alpha value is -4.01. The Morgan fingerprint density at radius 1 is 1.00 bits per heavy atom. The van der Waals surface area contributed by atoms with Crippen LogP contribution in [0, 0.1) is 0 Å². The lowest BCUT2D eigenvalue weighted by Crippen LogP contribution is -2.25. The number of benzene rings is 3. The molecule has 0 spiro atoms. The van der Waals surface area contributed by atoms with E-state index in [-0.39, 0.29) is 17.4 Å². The first kappa shape index (κ1) is 18.0. The minimum absolute atomic E-state index is 0.0806. The third-order valence-corrected chi connectivity index (χ3v) is 4.63. The molecule has 5 rings (SSSR count). The number of ether oxygens (including phenoxy) is 2. The summed E-state index contributed by atoms with van der Waals surface area (Å²) in [4.78, 5) is 12.5. The van der Waals surface area contributed by atoms with E-state index in [1.807, 2.05) is 36.4 Å². The van der Waals surface area contributed by atoms with E-state index in [1.54, 1.807) is 16.8 Å². The average molecular weight is 408 g/mol. The van der Waals surface area contributed by atoms with Gasteiger partial charge in [-0.05, 0) is 42.0 Å². The van der Waals surface area contributed by atoms with Crippen LogP contribution in [-0.2, 0) is 6.54 Å². The maximum atomic E-state index is 13.1. The molecular weight excluding hydrogens is 394 g/mol. The number of amides is 1. The van der Waals surface area contributed by atoms with Gasteiger partial charge in [-0.15, -0.1) is 13.9 Å². The molecule has 150 valence electrons. The van der Waals surface area contributed by atoms with Gasteiger partial charge in [0.1, 0.15) is 5.52 Å². The predicted molar refractivity (Wildman–Crippen MR) is 104 cm³/mol. The number of para-hydroxylation sites is 1. The number of aromatic nitrogens is 3. The number of halogens is 2. The number of fused-ring (bicyclic) bond motifs is 2. The van der Waals surface area contributed by atoms with E-state index in [0.29, 0.717) is 17.8 Å². The number of nitrogens with zero attached hydrogens (tertiary/aromatic N) is 3. The van der Waals surface area contributed by atoms with Gasteiger partial charge in [-0.25, -0.2) is 4.68 Å². The Morgan fingerprint density at radius 3 is 2.60 bits per heavy atom. The first-order chi connectivity index (χ1) is 14.5. The molecule has 0 bridgehead atoms. The Morgan fingerprint density at radius 2 is 1.77 bits per heavy atom. The largest absolute Gasteiger partial charge is 0.586 e. The standard InChI is InChI=1S/C21H14F2N4O3/c22-21(23)29-18-10-9-15(11-19(18)30-21)24-20(28)14-7-5-13(6-8-14)12-27-17-4-2-1-3-16(17)25-26-27/h1-11H,12H2,(H,24,28). The lowest BCUT2D eigenvalue weighted by atomic mass is 10.1. The van der Waals surface area contributed by atoms with Gasteiger partial charge in [-0.2, -0.15) is 0 Å². The predicted octanol–water partition coefficient (Wildman–Crippen LogP) is 4.05. The first-order valence-corrected chi connectivity index (χ1v) is 9.05. The molecule has 1 aliphatic heterocycles. The fourth-order valence-corrected chi connectivity index (χ4v) is 3.20. The van der Waals surface area contributed by atoms with Gasteiger partial charge >= 0.3 is 6.29 Å². The quantitative estimate of drug-likeness (QED) is 0.551. The van der Waals surface area contributed by atoms with Crippen LogP contribution in [-0.4, -0.2) is 27.2 Å². The molecule has 4 aromatic rings. The third-order valence-electron chi connectivity index (χ3n) is 4.63. The van der Waals surface area contributed by atoms with Gasteiger partial charge in [-0.1, -0.05) is 29.5 Å². The van der Waals surface area contributed by atoms with E-state index < -0.39 is 6.29 Å². The second-order valence-electron chi connectivity index (χ2n) is 6.72. The minimum atomic E-state index is -3.70. The molecule has 9 heteroatoms. The van der Waals surface area contributed by atoms with Crippen molar-refractivity contribution in [2.75, 3.05) is 5.32 Å². The zero-order chi connectivity index (χ0) is 20.7. The van der Waals surface area contributed by atoms with Crippen molar-refractivity contribution in [2.45, 2.75) is 12.8 Å². The molecule has 0 aliphatic carbocycles. The van der Waals surface area contributed by atoms with Gasteiger partial charge in [0.25, 0.3) is 5.91 Å². The highest BCUT2D eigenvalue weighted by atomic mass is 19.3. The summed E-state index contributed by atoms with van der Waals surface area (Å²) in [7, 11) is 0. The summed E-state index contributed by atoms with van der Waals surface area (Å²) in [6.45, 7) is 0.513. The molecule has 0 unspecified atom stereocenters. The molecule has 3 aromatic carbocycles. The zero-order valence-electron chi connectivity index (χ0n) is 15.4. The van der Waals surface area contributed by atoms with Crippen LogP contribution in [0.25, 0.3) is 11.0 Å². The average Bonchev–Trinajstić information content (AvgIpc) is 3.27. The summed E-state index contributed by atoms with van der Waals surface area (Å²) in [6, 6.07) is 18.8. The van der Waals surface area contributed by atoms with E-state index in [2.05, 4.69) is 25.1 Å². The Bertz CT molecular complexity index is 1250. The highest BCUT2D eigenvalue weighted by molar-refractivity contribution is 6.04. The smallest absolute Gasteiger partial charge is 0.395 e. The topological polar surface area (TPSA) is 78.3 Å². The van der Waals surface area contributed by atoms with Crippen molar-refractivity contribution in [2.24, 2.45) is 0 Å². The van der Waals surface area contributed by atoms with Crippen molar-refractivity contribution in [3.63, 3.8) is 0 Å².